The molecule has 0 saturated carbocycles. The van der Waals surface area contributed by atoms with E-state index in [0.717, 1.165) is 11.8 Å². The second-order valence-corrected chi connectivity index (χ2v) is 6.17. The maximum atomic E-state index is 6.04. The SMILES string of the molecule is CCCN(CCC)C1(CN)CSC(C)C1. The Kier molecular flexibility index (Phi) is 5.44. The Bertz CT molecular complexity index is 180. The van der Waals surface area contributed by atoms with Crippen molar-refractivity contribution in [1.82, 2.24) is 4.90 Å². The van der Waals surface area contributed by atoms with Crippen LogP contribution < -0.4 is 5.73 Å². The molecule has 0 bridgehead atoms. The van der Waals surface area contributed by atoms with Gasteiger partial charge in [0.1, 0.15) is 0 Å². The number of nitrogens with two attached hydrogens (primary N) is 1. The highest BCUT2D eigenvalue weighted by Crippen LogP contribution is 2.38. The van der Waals surface area contributed by atoms with Gasteiger partial charge in [-0.1, -0.05) is 20.8 Å². The largest absolute Gasteiger partial charge is 0.329 e. The summed E-state index contributed by atoms with van der Waals surface area (Å²) < 4.78 is 0. The first kappa shape index (κ1) is 13.3. The lowest BCUT2D eigenvalue weighted by atomic mass is 9.93. The molecule has 0 spiro atoms. The lowest BCUT2D eigenvalue weighted by molar-refractivity contribution is 0.112. The zero-order chi connectivity index (χ0) is 11.3. The molecule has 0 radical (unpaired) electrons. The molecule has 15 heavy (non-hydrogen) atoms. The van der Waals surface area contributed by atoms with E-state index in [4.69, 9.17) is 5.73 Å². The lowest BCUT2D eigenvalue weighted by Crippen LogP contribution is -2.55. The van der Waals surface area contributed by atoms with Crippen molar-refractivity contribution in [1.29, 1.82) is 0 Å². The Hall–Kier alpha value is 0.270. The molecule has 90 valence electrons. The molecule has 2 unspecified atom stereocenters. The summed E-state index contributed by atoms with van der Waals surface area (Å²) in [5.74, 6) is 1.23. The smallest absolute Gasteiger partial charge is 0.0432 e. The first-order valence-electron chi connectivity index (χ1n) is 6.25. The van der Waals surface area contributed by atoms with Crippen LogP contribution in [0.15, 0.2) is 0 Å². The summed E-state index contributed by atoms with van der Waals surface area (Å²) in [5, 5.41) is 0.782. The minimum atomic E-state index is 0.302. The van der Waals surface area contributed by atoms with Crippen molar-refractivity contribution in [3.63, 3.8) is 0 Å². The van der Waals surface area contributed by atoms with Crippen LogP contribution in [0.2, 0.25) is 0 Å². The van der Waals surface area contributed by atoms with E-state index in [9.17, 15) is 0 Å². The van der Waals surface area contributed by atoms with Gasteiger partial charge in [0.15, 0.2) is 0 Å². The van der Waals surface area contributed by atoms with Gasteiger partial charge in [-0.25, -0.2) is 0 Å². The second kappa shape index (κ2) is 6.12. The van der Waals surface area contributed by atoms with Crippen molar-refractivity contribution in [2.75, 3.05) is 25.4 Å². The number of thioether (sulfide) groups is 1. The van der Waals surface area contributed by atoms with E-state index in [-0.39, 0.29) is 0 Å². The van der Waals surface area contributed by atoms with Crippen LogP contribution in [-0.4, -0.2) is 41.1 Å². The molecule has 0 aromatic rings. The van der Waals surface area contributed by atoms with Gasteiger partial charge in [-0.05, 0) is 32.4 Å². The van der Waals surface area contributed by atoms with E-state index in [1.807, 2.05) is 0 Å². The molecule has 2 atom stereocenters. The topological polar surface area (TPSA) is 29.3 Å². The molecular formula is C12H26N2S. The predicted octanol–water partition coefficient (Wildman–Crippen LogP) is 2.33. The molecular weight excluding hydrogens is 204 g/mol. The molecule has 0 aromatic carbocycles. The Labute approximate surface area is 99.0 Å². The van der Waals surface area contributed by atoms with Gasteiger partial charge >= 0.3 is 0 Å². The van der Waals surface area contributed by atoms with E-state index in [0.29, 0.717) is 5.54 Å². The van der Waals surface area contributed by atoms with E-state index in [2.05, 4.69) is 37.4 Å². The Morgan fingerprint density at radius 2 is 1.93 bits per heavy atom. The predicted molar refractivity (Wildman–Crippen MR) is 70.5 cm³/mol. The van der Waals surface area contributed by atoms with Crippen LogP contribution >= 0.6 is 11.8 Å². The first-order chi connectivity index (χ1) is 7.18. The Morgan fingerprint density at radius 3 is 2.27 bits per heavy atom. The van der Waals surface area contributed by atoms with E-state index in [1.165, 1.54) is 38.1 Å². The van der Waals surface area contributed by atoms with Gasteiger partial charge in [-0.2, -0.15) is 11.8 Å². The highest BCUT2D eigenvalue weighted by Gasteiger charge is 2.41. The van der Waals surface area contributed by atoms with Crippen LogP contribution in [0.3, 0.4) is 0 Å². The van der Waals surface area contributed by atoms with Crippen LogP contribution in [0, 0.1) is 0 Å². The van der Waals surface area contributed by atoms with Crippen LogP contribution in [0.25, 0.3) is 0 Å². The first-order valence-corrected chi connectivity index (χ1v) is 7.30. The normalized spacial score (nSPS) is 31.4. The molecule has 2 nitrogen and oxygen atoms in total. The highest BCUT2D eigenvalue weighted by molar-refractivity contribution is 8.00. The standard InChI is InChI=1S/C12H26N2S/c1-4-6-14(7-5-2)12(9-13)8-11(3)15-10-12/h11H,4-10,13H2,1-3H3. The van der Waals surface area contributed by atoms with E-state index in [1.54, 1.807) is 0 Å². The maximum absolute atomic E-state index is 6.04. The van der Waals surface area contributed by atoms with Gasteiger partial charge in [0.05, 0.1) is 0 Å². The summed E-state index contributed by atoms with van der Waals surface area (Å²) in [6.45, 7) is 10.1. The van der Waals surface area contributed by atoms with Crippen molar-refractivity contribution >= 4 is 11.8 Å². The van der Waals surface area contributed by atoms with Crippen LogP contribution in [0.5, 0.6) is 0 Å². The van der Waals surface area contributed by atoms with Gasteiger partial charge in [-0.3, -0.25) is 4.90 Å². The fraction of sp³-hybridized carbons (Fsp3) is 1.00. The highest BCUT2D eigenvalue weighted by atomic mass is 32.2. The van der Waals surface area contributed by atoms with Crippen LogP contribution in [0.1, 0.15) is 40.0 Å². The van der Waals surface area contributed by atoms with Crippen LogP contribution in [-0.2, 0) is 0 Å². The summed E-state index contributed by atoms with van der Waals surface area (Å²) in [7, 11) is 0. The zero-order valence-electron chi connectivity index (χ0n) is 10.5. The average molecular weight is 230 g/mol. The Morgan fingerprint density at radius 1 is 1.33 bits per heavy atom. The molecule has 1 fully saturated rings. The van der Waals surface area contributed by atoms with Crippen molar-refractivity contribution < 1.29 is 0 Å². The van der Waals surface area contributed by atoms with E-state index < -0.39 is 0 Å². The third kappa shape index (κ3) is 3.11. The summed E-state index contributed by atoms with van der Waals surface area (Å²) in [6, 6.07) is 0. The molecule has 1 heterocycles. The Balaban J connectivity index is 2.67. The van der Waals surface area contributed by atoms with E-state index >= 15 is 0 Å². The van der Waals surface area contributed by atoms with Crippen molar-refractivity contribution in [3.8, 4) is 0 Å². The van der Waals surface area contributed by atoms with Crippen molar-refractivity contribution in [3.05, 3.63) is 0 Å². The monoisotopic (exact) mass is 230 g/mol. The fourth-order valence-corrected chi connectivity index (χ4v) is 4.01. The second-order valence-electron chi connectivity index (χ2n) is 4.74. The molecule has 1 saturated heterocycles. The van der Waals surface area contributed by atoms with Crippen molar-refractivity contribution in [2.45, 2.75) is 50.8 Å². The number of hydrogen-bond donors (Lipinski definition) is 1. The quantitative estimate of drug-likeness (QED) is 0.759. The third-order valence-corrected chi connectivity index (χ3v) is 4.78. The molecule has 0 aromatic heterocycles. The molecule has 1 aliphatic rings. The molecule has 1 rings (SSSR count). The molecule has 3 heteroatoms. The minimum Gasteiger partial charge on any atom is -0.329 e. The lowest BCUT2D eigenvalue weighted by Gasteiger charge is -2.40. The van der Waals surface area contributed by atoms with Gasteiger partial charge < -0.3 is 5.73 Å². The van der Waals surface area contributed by atoms with Gasteiger partial charge in [-0.15, -0.1) is 0 Å². The number of rotatable bonds is 6. The fourth-order valence-electron chi connectivity index (χ4n) is 2.57. The summed E-state index contributed by atoms with van der Waals surface area (Å²) in [4.78, 5) is 2.64. The summed E-state index contributed by atoms with van der Waals surface area (Å²) in [5.41, 5.74) is 6.34. The minimum absolute atomic E-state index is 0.302. The maximum Gasteiger partial charge on any atom is 0.0432 e. The van der Waals surface area contributed by atoms with Gasteiger partial charge in [0.2, 0.25) is 0 Å². The zero-order valence-corrected chi connectivity index (χ0v) is 11.3. The van der Waals surface area contributed by atoms with Crippen LogP contribution in [0.4, 0.5) is 0 Å². The summed E-state index contributed by atoms with van der Waals surface area (Å²) in [6.07, 6.45) is 3.75. The average Bonchev–Trinajstić information content (AvgIpc) is 2.61. The molecule has 1 aliphatic heterocycles. The molecule has 2 N–H and O–H groups in total. The number of hydrogen-bond acceptors (Lipinski definition) is 3. The van der Waals surface area contributed by atoms with Gasteiger partial charge in [0, 0.05) is 23.1 Å². The molecule has 0 aliphatic carbocycles. The molecule has 0 amide bonds. The third-order valence-electron chi connectivity index (χ3n) is 3.34. The van der Waals surface area contributed by atoms with Gasteiger partial charge in [0.25, 0.3) is 0 Å². The van der Waals surface area contributed by atoms with Crippen molar-refractivity contribution in [2.24, 2.45) is 5.73 Å². The number of nitrogens with zero attached hydrogens (tertiary/aromatic N) is 1. The summed E-state index contributed by atoms with van der Waals surface area (Å²) >= 11 is 2.09.